The molecule has 1 atom stereocenters. The third kappa shape index (κ3) is 7.03. The van der Waals surface area contributed by atoms with Crippen LogP contribution in [0.25, 0.3) is 0 Å². The van der Waals surface area contributed by atoms with Gasteiger partial charge in [0.05, 0.1) is 0 Å². The summed E-state index contributed by atoms with van der Waals surface area (Å²) >= 11 is 2.06. The molecule has 0 fully saturated rings. The number of hydrogen-bond donors (Lipinski definition) is 1. The average Bonchev–Trinajstić information content (AvgIpc) is 2.43. The lowest BCUT2D eigenvalue weighted by Gasteiger charge is -2.18. The number of benzene rings is 1. The predicted molar refractivity (Wildman–Crippen MR) is 89.1 cm³/mol. The van der Waals surface area contributed by atoms with E-state index in [9.17, 15) is 0 Å². The number of hydrogen-bond acceptors (Lipinski definition) is 2. The van der Waals surface area contributed by atoms with E-state index in [4.69, 9.17) is 0 Å². The molecule has 1 N–H and O–H groups in total. The lowest BCUT2D eigenvalue weighted by molar-refractivity contribution is 0.445. The van der Waals surface area contributed by atoms with E-state index in [-0.39, 0.29) is 0 Å². The minimum Gasteiger partial charge on any atom is -0.317 e. The highest BCUT2D eigenvalue weighted by molar-refractivity contribution is 7.99. The van der Waals surface area contributed by atoms with E-state index >= 15 is 0 Å². The van der Waals surface area contributed by atoms with Gasteiger partial charge in [-0.15, -0.1) is 0 Å². The van der Waals surface area contributed by atoms with Crippen molar-refractivity contribution in [2.45, 2.75) is 40.0 Å². The quantitative estimate of drug-likeness (QED) is 0.641. The van der Waals surface area contributed by atoms with Crippen LogP contribution in [0.2, 0.25) is 0 Å². The number of nitrogens with one attached hydrogen (secondary N) is 1. The van der Waals surface area contributed by atoms with E-state index in [1.807, 2.05) is 0 Å². The molecule has 2 heteroatoms. The Balaban J connectivity index is 2.46. The summed E-state index contributed by atoms with van der Waals surface area (Å²) in [6, 6.07) is 8.82. The van der Waals surface area contributed by atoms with Gasteiger partial charge in [0.25, 0.3) is 0 Å². The van der Waals surface area contributed by atoms with Crippen molar-refractivity contribution in [1.82, 2.24) is 5.32 Å². The second kappa shape index (κ2) is 10.3. The van der Waals surface area contributed by atoms with Gasteiger partial charge in [-0.3, -0.25) is 0 Å². The van der Waals surface area contributed by atoms with Gasteiger partial charge in [-0.1, -0.05) is 38.1 Å². The van der Waals surface area contributed by atoms with Gasteiger partial charge >= 0.3 is 0 Å². The molecular weight excluding hydrogens is 250 g/mol. The molecule has 1 aromatic rings. The number of thioether (sulfide) groups is 1. The molecule has 0 amide bonds. The molecule has 1 aromatic carbocycles. The highest BCUT2D eigenvalue weighted by atomic mass is 32.2. The zero-order chi connectivity index (χ0) is 13.9. The maximum Gasteiger partial charge on any atom is -0.00174 e. The summed E-state index contributed by atoms with van der Waals surface area (Å²) in [6.45, 7) is 8.90. The van der Waals surface area contributed by atoms with Crippen LogP contribution < -0.4 is 5.32 Å². The van der Waals surface area contributed by atoms with Crippen LogP contribution in [0.15, 0.2) is 24.3 Å². The van der Waals surface area contributed by atoms with Crippen molar-refractivity contribution in [1.29, 1.82) is 0 Å². The molecule has 0 saturated carbocycles. The Morgan fingerprint density at radius 2 is 2.00 bits per heavy atom. The first kappa shape index (κ1) is 16.6. The van der Waals surface area contributed by atoms with Gasteiger partial charge < -0.3 is 5.32 Å². The fourth-order valence-corrected chi connectivity index (χ4v) is 3.05. The molecule has 0 spiro atoms. The zero-order valence-corrected chi connectivity index (χ0v) is 13.6. The normalized spacial score (nSPS) is 12.6. The SMILES string of the molecule is CCNCC(CCCSCC)Cc1ccccc1C. The Labute approximate surface area is 123 Å². The van der Waals surface area contributed by atoms with Crippen molar-refractivity contribution >= 4 is 11.8 Å². The van der Waals surface area contributed by atoms with E-state index < -0.39 is 0 Å². The molecule has 108 valence electrons. The summed E-state index contributed by atoms with van der Waals surface area (Å²) in [7, 11) is 0. The smallest absolute Gasteiger partial charge is 0.00174 e. The topological polar surface area (TPSA) is 12.0 Å². The van der Waals surface area contributed by atoms with Crippen LogP contribution in [0.4, 0.5) is 0 Å². The molecule has 1 rings (SSSR count). The van der Waals surface area contributed by atoms with Gasteiger partial charge in [0.1, 0.15) is 0 Å². The molecule has 0 bridgehead atoms. The van der Waals surface area contributed by atoms with Gasteiger partial charge in [0.15, 0.2) is 0 Å². The van der Waals surface area contributed by atoms with E-state index in [1.165, 1.54) is 41.9 Å². The molecular formula is C17H29NS. The van der Waals surface area contributed by atoms with Crippen LogP contribution in [0.5, 0.6) is 0 Å². The average molecular weight is 279 g/mol. The molecule has 0 aliphatic carbocycles. The molecule has 1 nitrogen and oxygen atoms in total. The maximum atomic E-state index is 3.52. The first-order valence-corrected chi connectivity index (χ1v) is 8.76. The molecule has 0 aromatic heterocycles. The van der Waals surface area contributed by atoms with Crippen LogP contribution in [0.3, 0.4) is 0 Å². The molecule has 0 aliphatic heterocycles. The molecule has 0 saturated heterocycles. The molecule has 0 aliphatic rings. The van der Waals surface area contributed by atoms with Crippen LogP contribution in [-0.4, -0.2) is 24.6 Å². The third-order valence-corrected chi connectivity index (χ3v) is 4.54. The first-order chi connectivity index (χ1) is 9.27. The van der Waals surface area contributed by atoms with Gasteiger partial charge in [0, 0.05) is 0 Å². The van der Waals surface area contributed by atoms with Crippen molar-refractivity contribution in [3.63, 3.8) is 0 Å². The lowest BCUT2D eigenvalue weighted by Crippen LogP contribution is -2.24. The second-order valence-corrected chi connectivity index (χ2v) is 6.54. The van der Waals surface area contributed by atoms with Crippen molar-refractivity contribution in [3.8, 4) is 0 Å². The van der Waals surface area contributed by atoms with Crippen molar-refractivity contribution in [2.75, 3.05) is 24.6 Å². The summed E-state index contributed by atoms with van der Waals surface area (Å²) in [6.07, 6.45) is 3.91. The Morgan fingerprint density at radius 1 is 1.21 bits per heavy atom. The molecule has 0 radical (unpaired) electrons. The molecule has 0 heterocycles. The van der Waals surface area contributed by atoms with Crippen molar-refractivity contribution < 1.29 is 0 Å². The lowest BCUT2D eigenvalue weighted by atomic mass is 9.92. The van der Waals surface area contributed by atoms with E-state index in [0.717, 1.165) is 19.0 Å². The molecule has 19 heavy (non-hydrogen) atoms. The Kier molecular flexibility index (Phi) is 9.02. The van der Waals surface area contributed by atoms with Crippen molar-refractivity contribution in [2.24, 2.45) is 5.92 Å². The summed E-state index contributed by atoms with van der Waals surface area (Å²) in [4.78, 5) is 0. The standard InChI is InChI=1S/C17H29NS/c1-4-18-14-16(10-8-12-19-5-2)13-17-11-7-6-9-15(17)3/h6-7,9,11,16,18H,4-5,8,10,12-14H2,1-3H3. The predicted octanol–water partition coefficient (Wildman–Crippen LogP) is 4.30. The fraction of sp³-hybridized carbons (Fsp3) is 0.647. The van der Waals surface area contributed by atoms with E-state index in [0.29, 0.717) is 0 Å². The van der Waals surface area contributed by atoms with Gasteiger partial charge in [-0.2, -0.15) is 11.8 Å². The third-order valence-electron chi connectivity index (χ3n) is 3.56. The van der Waals surface area contributed by atoms with Gasteiger partial charge in [0.2, 0.25) is 0 Å². The highest BCUT2D eigenvalue weighted by Gasteiger charge is 2.10. The van der Waals surface area contributed by atoms with Crippen LogP contribution in [0.1, 0.15) is 37.8 Å². The Bertz CT molecular complexity index is 338. The summed E-state index contributed by atoms with van der Waals surface area (Å²) in [5.74, 6) is 3.33. The van der Waals surface area contributed by atoms with Crippen molar-refractivity contribution in [3.05, 3.63) is 35.4 Å². The fourth-order valence-electron chi connectivity index (χ4n) is 2.39. The second-order valence-electron chi connectivity index (χ2n) is 5.14. The highest BCUT2D eigenvalue weighted by Crippen LogP contribution is 2.18. The number of rotatable bonds is 10. The van der Waals surface area contributed by atoms with E-state index in [2.05, 4.69) is 62.1 Å². The van der Waals surface area contributed by atoms with Crippen LogP contribution in [0, 0.1) is 12.8 Å². The zero-order valence-electron chi connectivity index (χ0n) is 12.7. The largest absolute Gasteiger partial charge is 0.317 e. The summed E-state index contributed by atoms with van der Waals surface area (Å²) in [5, 5.41) is 3.52. The minimum atomic E-state index is 0.776. The van der Waals surface area contributed by atoms with Crippen LogP contribution >= 0.6 is 11.8 Å². The Hall–Kier alpha value is -0.470. The summed E-state index contributed by atoms with van der Waals surface area (Å²) < 4.78 is 0. The maximum absolute atomic E-state index is 3.52. The Morgan fingerprint density at radius 3 is 2.68 bits per heavy atom. The number of aryl methyl sites for hydroxylation is 1. The van der Waals surface area contributed by atoms with E-state index in [1.54, 1.807) is 0 Å². The first-order valence-electron chi connectivity index (χ1n) is 7.60. The molecule has 1 unspecified atom stereocenters. The van der Waals surface area contributed by atoms with Gasteiger partial charge in [-0.05, 0) is 67.8 Å². The minimum absolute atomic E-state index is 0.776. The monoisotopic (exact) mass is 279 g/mol. The van der Waals surface area contributed by atoms with Crippen LogP contribution in [-0.2, 0) is 6.42 Å². The van der Waals surface area contributed by atoms with Gasteiger partial charge in [-0.25, -0.2) is 0 Å². The summed E-state index contributed by atoms with van der Waals surface area (Å²) in [5.41, 5.74) is 2.96.